The number of hydrogen-bond donors (Lipinski definition) is 1. The summed E-state index contributed by atoms with van der Waals surface area (Å²) < 4.78 is 24.4. The van der Waals surface area contributed by atoms with Gasteiger partial charge < -0.3 is 14.6 Å². The molecule has 2 rings (SSSR count). The molecule has 0 spiro atoms. The van der Waals surface area contributed by atoms with Gasteiger partial charge in [-0.05, 0) is 18.7 Å². The molecule has 1 heterocycles. The highest BCUT2D eigenvalue weighted by Crippen LogP contribution is 2.27. The Kier molecular flexibility index (Phi) is 4.74. The Morgan fingerprint density at radius 1 is 1.58 bits per heavy atom. The van der Waals surface area contributed by atoms with Crippen molar-refractivity contribution in [1.29, 1.82) is 0 Å². The average Bonchev–Trinajstić information content (AvgIpc) is 2.46. The third-order valence-electron chi connectivity index (χ3n) is 3.50. The molecule has 5 heteroatoms. The van der Waals surface area contributed by atoms with Gasteiger partial charge in [0, 0.05) is 24.7 Å². The molecule has 2 unspecified atom stereocenters. The third kappa shape index (κ3) is 3.23. The lowest BCUT2D eigenvalue weighted by molar-refractivity contribution is -0.0897. The first kappa shape index (κ1) is 14.2. The van der Waals surface area contributed by atoms with E-state index in [-0.39, 0.29) is 5.56 Å². The highest BCUT2D eigenvalue weighted by atomic mass is 19.1. The predicted octanol–water partition coefficient (Wildman–Crippen LogP) is 1.59. The molecule has 2 atom stereocenters. The van der Waals surface area contributed by atoms with Crippen molar-refractivity contribution < 1.29 is 19.0 Å². The standard InChI is InChI=1S/C14H20FNO3/c1-3-16-6-7-19-13(9-16)14(17)11-5-4-10(18-2)8-12(11)15/h4-5,8,13-14,17H,3,6-7,9H2,1-2H3. The maximum Gasteiger partial charge on any atom is 0.132 e. The lowest BCUT2D eigenvalue weighted by Gasteiger charge is -2.34. The minimum Gasteiger partial charge on any atom is -0.497 e. The normalized spacial score (nSPS) is 22.2. The molecule has 0 aliphatic carbocycles. The number of hydrogen-bond acceptors (Lipinski definition) is 4. The van der Waals surface area contributed by atoms with Crippen LogP contribution in [0.4, 0.5) is 4.39 Å². The summed E-state index contributed by atoms with van der Waals surface area (Å²) in [5.74, 6) is -0.0303. The molecule has 1 N–H and O–H groups in total. The van der Waals surface area contributed by atoms with E-state index in [0.717, 1.165) is 13.1 Å². The lowest BCUT2D eigenvalue weighted by atomic mass is 10.0. The van der Waals surface area contributed by atoms with E-state index in [1.165, 1.54) is 13.2 Å². The van der Waals surface area contributed by atoms with Crippen LogP contribution in [0.1, 0.15) is 18.6 Å². The van der Waals surface area contributed by atoms with Gasteiger partial charge in [0.25, 0.3) is 0 Å². The van der Waals surface area contributed by atoms with Crippen LogP contribution in [0, 0.1) is 5.82 Å². The van der Waals surface area contributed by atoms with E-state index in [4.69, 9.17) is 9.47 Å². The number of aliphatic hydroxyl groups excluding tert-OH is 1. The van der Waals surface area contributed by atoms with Crippen LogP contribution in [-0.4, -0.2) is 49.5 Å². The van der Waals surface area contributed by atoms with E-state index in [1.54, 1.807) is 12.1 Å². The summed E-state index contributed by atoms with van der Waals surface area (Å²) in [6, 6.07) is 4.47. The zero-order valence-corrected chi connectivity index (χ0v) is 11.3. The molecule has 0 radical (unpaired) electrons. The largest absolute Gasteiger partial charge is 0.497 e. The van der Waals surface area contributed by atoms with E-state index in [0.29, 0.717) is 18.9 Å². The molecule has 106 valence electrons. The van der Waals surface area contributed by atoms with E-state index in [2.05, 4.69) is 11.8 Å². The summed E-state index contributed by atoms with van der Waals surface area (Å²) in [7, 11) is 1.48. The number of aliphatic hydroxyl groups is 1. The number of rotatable bonds is 4. The Balaban J connectivity index is 2.12. The molecule has 1 saturated heterocycles. The van der Waals surface area contributed by atoms with Crippen LogP contribution in [0.25, 0.3) is 0 Å². The van der Waals surface area contributed by atoms with Gasteiger partial charge in [0.1, 0.15) is 23.8 Å². The zero-order chi connectivity index (χ0) is 13.8. The van der Waals surface area contributed by atoms with Crippen LogP contribution in [0.15, 0.2) is 18.2 Å². The van der Waals surface area contributed by atoms with Gasteiger partial charge in [0.2, 0.25) is 0 Å². The van der Waals surface area contributed by atoms with Crippen LogP contribution in [0.5, 0.6) is 5.75 Å². The Labute approximate surface area is 112 Å². The maximum absolute atomic E-state index is 13.9. The predicted molar refractivity (Wildman–Crippen MR) is 69.8 cm³/mol. The number of likely N-dealkylation sites (N-methyl/N-ethyl adjacent to an activating group) is 1. The summed E-state index contributed by atoms with van der Waals surface area (Å²) >= 11 is 0. The van der Waals surface area contributed by atoms with E-state index < -0.39 is 18.0 Å². The maximum atomic E-state index is 13.9. The first-order valence-corrected chi connectivity index (χ1v) is 6.51. The van der Waals surface area contributed by atoms with Gasteiger partial charge in [-0.3, -0.25) is 4.90 Å². The van der Waals surface area contributed by atoms with Crippen molar-refractivity contribution in [2.75, 3.05) is 33.4 Å². The summed E-state index contributed by atoms with van der Waals surface area (Å²) in [6.45, 7) is 4.99. The van der Waals surface area contributed by atoms with Crippen molar-refractivity contribution in [3.63, 3.8) is 0 Å². The fraction of sp³-hybridized carbons (Fsp3) is 0.571. The van der Waals surface area contributed by atoms with Crippen molar-refractivity contribution in [1.82, 2.24) is 4.90 Å². The highest BCUT2D eigenvalue weighted by molar-refractivity contribution is 5.30. The van der Waals surface area contributed by atoms with Crippen LogP contribution < -0.4 is 4.74 Å². The smallest absolute Gasteiger partial charge is 0.132 e. The second-order valence-electron chi connectivity index (χ2n) is 4.63. The van der Waals surface area contributed by atoms with E-state index in [9.17, 15) is 9.50 Å². The molecular formula is C14H20FNO3. The molecule has 1 aliphatic rings. The number of benzene rings is 1. The second kappa shape index (κ2) is 6.32. The molecule has 4 nitrogen and oxygen atoms in total. The summed E-state index contributed by atoms with van der Waals surface area (Å²) in [5, 5.41) is 10.3. The molecule has 1 aliphatic heterocycles. The van der Waals surface area contributed by atoms with Gasteiger partial charge in [-0.1, -0.05) is 6.92 Å². The van der Waals surface area contributed by atoms with Gasteiger partial charge in [0.05, 0.1) is 13.7 Å². The minimum atomic E-state index is -0.958. The molecule has 0 amide bonds. The van der Waals surface area contributed by atoms with Crippen LogP contribution in [0.3, 0.4) is 0 Å². The number of morpholine rings is 1. The minimum absolute atomic E-state index is 0.253. The first-order chi connectivity index (χ1) is 9.15. The molecule has 1 aromatic carbocycles. The number of ether oxygens (including phenoxy) is 2. The Bertz CT molecular complexity index is 427. The molecule has 19 heavy (non-hydrogen) atoms. The lowest BCUT2D eigenvalue weighted by Crippen LogP contribution is -2.44. The van der Waals surface area contributed by atoms with Gasteiger partial charge >= 0.3 is 0 Å². The van der Waals surface area contributed by atoms with Crippen molar-refractivity contribution in [3.8, 4) is 5.75 Å². The van der Waals surface area contributed by atoms with Crippen LogP contribution >= 0.6 is 0 Å². The monoisotopic (exact) mass is 269 g/mol. The number of methoxy groups -OCH3 is 1. The SMILES string of the molecule is CCN1CCOC(C(O)c2ccc(OC)cc2F)C1. The van der Waals surface area contributed by atoms with Crippen molar-refractivity contribution in [2.24, 2.45) is 0 Å². The molecule has 1 fully saturated rings. The Hall–Kier alpha value is -1.17. The van der Waals surface area contributed by atoms with Crippen molar-refractivity contribution in [2.45, 2.75) is 19.1 Å². The summed E-state index contributed by atoms with van der Waals surface area (Å²) in [6.07, 6.45) is -1.35. The summed E-state index contributed by atoms with van der Waals surface area (Å²) in [5.41, 5.74) is 0.253. The topological polar surface area (TPSA) is 41.9 Å². The van der Waals surface area contributed by atoms with E-state index >= 15 is 0 Å². The average molecular weight is 269 g/mol. The van der Waals surface area contributed by atoms with E-state index in [1.807, 2.05) is 0 Å². The van der Waals surface area contributed by atoms with Gasteiger partial charge in [0.15, 0.2) is 0 Å². The summed E-state index contributed by atoms with van der Waals surface area (Å²) in [4.78, 5) is 2.18. The van der Waals surface area contributed by atoms with Gasteiger partial charge in [-0.2, -0.15) is 0 Å². The van der Waals surface area contributed by atoms with Gasteiger partial charge in [-0.15, -0.1) is 0 Å². The number of nitrogens with zero attached hydrogens (tertiary/aromatic N) is 1. The quantitative estimate of drug-likeness (QED) is 0.901. The molecule has 0 aromatic heterocycles. The highest BCUT2D eigenvalue weighted by Gasteiger charge is 2.29. The third-order valence-corrected chi connectivity index (χ3v) is 3.50. The van der Waals surface area contributed by atoms with Crippen molar-refractivity contribution in [3.05, 3.63) is 29.6 Å². The molecule has 0 saturated carbocycles. The fourth-order valence-corrected chi connectivity index (χ4v) is 2.28. The Morgan fingerprint density at radius 2 is 2.37 bits per heavy atom. The van der Waals surface area contributed by atoms with Crippen molar-refractivity contribution >= 4 is 0 Å². The Morgan fingerprint density at radius 3 is 3.00 bits per heavy atom. The van der Waals surface area contributed by atoms with Crippen LogP contribution in [-0.2, 0) is 4.74 Å². The molecular weight excluding hydrogens is 249 g/mol. The second-order valence-corrected chi connectivity index (χ2v) is 4.63. The van der Waals surface area contributed by atoms with Gasteiger partial charge in [-0.25, -0.2) is 4.39 Å². The first-order valence-electron chi connectivity index (χ1n) is 6.51. The zero-order valence-electron chi connectivity index (χ0n) is 11.3. The van der Waals surface area contributed by atoms with Crippen LogP contribution in [0.2, 0.25) is 0 Å². The number of halogens is 1. The fourth-order valence-electron chi connectivity index (χ4n) is 2.28. The molecule has 0 bridgehead atoms. The molecule has 1 aromatic rings.